The van der Waals surface area contributed by atoms with Crippen LogP contribution in [-0.4, -0.2) is 33.3 Å². The van der Waals surface area contributed by atoms with Gasteiger partial charge in [-0.15, -0.1) is 0 Å². The number of ketones is 1. The summed E-state index contributed by atoms with van der Waals surface area (Å²) in [6.07, 6.45) is 3.29. The highest BCUT2D eigenvalue weighted by Gasteiger charge is 2.12. The molecule has 0 atom stereocenters. The third-order valence-corrected chi connectivity index (χ3v) is 5.82. The van der Waals surface area contributed by atoms with Crippen LogP contribution in [-0.2, 0) is 19.7 Å². The van der Waals surface area contributed by atoms with E-state index in [0.29, 0.717) is 11.3 Å². The lowest BCUT2D eigenvalue weighted by Gasteiger charge is -2.18. The van der Waals surface area contributed by atoms with Gasteiger partial charge < -0.3 is 9.30 Å². The van der Waals surface area contributed by atoms with Crippen LogP contribution >= 0.6 is 15.9 Å². The summed E-state index contributed by atoms with van der Waals surface area (Å²) in [5.41, 5.74) is 3.22. The molecule has 0 saturated heterocycles. The van der Waals surface area contributed by atoms with Crippen molar-refractivity contribution in [3.63, 3.8) is 0 Å². The van der Waals surface area contributed by atoms with E-state index in [1.165, 1.54) is 16.2 Å². The second-order valence-corrected chi connectivity index (χ2v) is 8.53. The van der Waals surface area contributed by atoms with E-state index in [2.05, 4.69) is 45.7 Å². The Morgan fingerprint density at radius 1 is 1.12 bits per heavy atom. The Kier molecular flexibility index (Phi) is 8.36. The monoisotopic (exact) mass is 497 g/mol. The van der Waals surface area contributed by atoms with Crippen LogP contribution in [0.15, 0.2) is 64.1 Å². The topological polar surface area (TPSA) is 64.4 Å². The Bertz CT molecular complexity index is 1120. The van der Waals surface area contributed by atoms with E-state index in [0.717, 1.165) is 35.4 Å². The van der Waals surface area contributed by atoms with E-state index < -0.39 is 0 Å². The minimum Gasteiger partial charge on any atom is -0.487 e. The Hall–Kier alpha value is -2.77. The molecule has 0 radical (unpaired) electrons. The van der Waals surface area contributed by atoms with Gasteiger partial charge in [-0.25, -0.2) is 0 Å². The van der Waals surface area contributed by atoms with Crippen LogP contribution in [0.25, 0.3) is 0 Å². The van der Waals surface area contributed by atoms with Crippen molar-refractivity contribution < 1.29 is 9.53 Å². The number of nitrogens with zero attached hydrogens (tertiary/aromatic N) is 3. The van der Waals surface area contributed by atoms with Gasteiger partial charge in [0, 0.05) is 35.0 Å². The third-order valence-electron chi connectivity index (χ3n) is 5.35. The molecule has 2 heterocycles. The number of carbonyl (C=O) groups is 1. The van der Waals surface area contributed by atoms with Gasteiger partial charge >= 0.3 is 0 Å². The summed E-state index contributed by atoms with van der Waals surface area (Å²) in [5, 5.41) is 0. The van der Waals surface area contributed by atoms with Gasteiger partial charge in [0.25, 0.3) is 5.56 Å². The smallest absolute Gasteiger partial charge is 0.254 e. The summed E-state index contributed by atoms with van der Waals surface area (Å²) in [6.45, 7) is 9.29. The molecule has 3 aromatic rings. The van der Waals surface area contributed by atoms with Gasteiger partial charge in [0.15, 0.2) is 5.78 Å². The second-order valence-electron chi connectivity index (χ2n) is 7.62. The summed E-state index contributed by atoms with van der Waals surface area (Å²) >= 11 is 3.34. The fraction of sp³-hybridized carbons (Fsp3) is 0.320. The molecular formula is C25H28BrN3O3. The molecule has 0 fully saturated rings. The van der Waals surface area contributed by atoms with Crippen molar-refractivity contribution in [3.8, 4) is 5.75 Å². The summed E-state index contributed by atoms with van der Waals surface area (Å²) in [6, 6.07) is 12.7. The van der Waals surface area contributed by atoms with E-state index in [4.69, 9.17) is 4.74 Å². The first-order valence-corrected chi connectivity index (χ1v) is 11.5. The number of aryl methyl sites for hydroxylation is 1. The van der Waals surface area contributed by atoms with Gasteiger partial charge in [0.05, 0.1) is 12.2 Å². The molecule has 0 amide bonds. The van der Waals surface area contributed by atoms with Crippen molar-refractivity contribution in [1.82, 2.24) is 14.5 Å². The number of pyridine rings is 2. The predicted molar refractivity (Wildman–Crippen MR) is 129 cm³/mol. The zero-order valence-electron chi connectivity index (χ0n) is 18.7. The van der Waals surface area contributed by atoms with Crippen molar-refractivity contribution in [1.29, 1.82) is 0 Å². The average Bonchev–Trinajstić information content (AvgIpc) is 2.78. The van der Waals surface area contributed by atoms with Gasteiger partial charge in [-0.2, -0.15) is 0 Å². The molecule has 1 aromatic carbocycles. The number of hydrogen-bond donors (Lipinski definition) is 0. The van der Waals surface area contributed by atoms with Gasteiger partial charge in [-0.3, -0.25) is 19.5 Å². The van der Waals surface area contributed by atoms with E-state index in [1.807, 2.05) is 31.2 Å². The molecule has 32 heavy (non-hydrogen) atoms. The Morgan fingerprint density at radius 2 is 1.91 bits per heavy atom. The van der Waals surface area contributed by atoms with Crippen molar-refractivity contribution in [3.05, 3.63) is 92.1 Å². The highest BCUT2D eigenvalue weighted by Crippen LogP contribution is 2.15. The van der Waals surface area contributed by atoms with Crippen molar-refractivity contribution in [2.45, 2.75) is 40.5 Å². The first kappa shape index (κ1) is 23.9. The van der Waals surface area contributed by atoms with E-state index in [-0.39, 0.29) is 24.5 Å². The molecule has 168 valence electrons. The standard InChI is InChI=1S/C25H28BrN3O3/c1-4-28(5-2)15-19-6-9-23(18(3)12-19)24(30)16-29-11-10-22(13-25(29)31)32-17-21-8-7-20(26)14-27-21/h6-14H,4-5,15-17H2,1-3H3. The van der Waals surface area contributed by atoms with Crippen molar-refractivity contribution >= 4 is 21.7 Å². The predicted octanol–water partition coefficient (Wildman–Crippen LogP) is 4.62. The van der Waals surface area contributed by atoms with E-state index in [9.17, 15) is 9.59 Å². The number of ether oxygens (including phenoxy) is 1. The van der Waals surface area contributed by atoms with E-state index >= 15 is 0 Å². The van der Waals surface area contributed by atoms with Crippen LogP contribution in [0.1, 0.15) is 41.0 Å². The first-order chi connectivity index (χ1) is 15.4. The van der Waals surface area contributed by atoms with Crippen LogP contribution in [0.2, 0.25) is 0 Å². The number of halogens is 1. The number of benzene rings is 1. The summed E-state index contributed by atoms with van der Waals surface area (Å²) in [4.78, 5) is 31.9. The molecule has 0 bridgehead atoms. The van der Waals surface area contributed by atoms with Gasteiger partial charge in [-0.05, 0) is 65.3 Å². The number of hydrogen-bond acceptors (Lipinski definition) is 5. The number of rotatable bonds is 10. The second kappa shape index (κ2) is 11.2. The average molecular weight is 498 g/mol. The maximum absolute atomic E-state index is 12.8. The lowest BCUT2D eigenvalue weighted by Crippen LogP contribution is -2.24. The number of aromatic nitrogens is 2. The Labute approximate surface area is 197 Å². The van der Waals surface area contributed by atoms with Crippen LogP contribution in [0.5, 0.6) is 5.75 Å². The van der Waals surface area contributed by atoms with Crippen LogP contribution < -0.4 is 10.3 Å². The highest BCUT2D eigenvalue weighted by atomic mass is 79.9. The molecule has 0 aliphatic carbocycles. The normalized spacial score (nSPS) is 11.0. The zero-order chi connectivity index (χ0) is 23.1. The maximum atomic E-state index is 12.8. The molecule has 0 N–H and O–H groups in total. The molecule has 0 spiro atoms. The van der Waals surface area contributed by atoms with Gasteiger partial charge in [-0.1, -0.05) is 32.0 Å². The summed E-state index contributed by atoms with van der Waals surface area (Å²) in [5.74, 6) is 0.354. The molecule has 7 heteroatoms. The maximum Gasteiger partial charge on any atom is 0.254 e. The Morgan fingerprint density at radius 3 is 2.53 bits per heavy atom. The van der Waals surface area contributed by atoms with Gasteiger partial charge in [0.2, 0.25) is 0 Å². The molecule has 0 aliphatic rings. The molecule has 2 aromatic heterocycles. The summed E-state index contributed by atoms with van der Waals surface area (Å²) in [7, 11) is 0. The van der Waals surface area contributed by atoms with E-state index in [1.54, 1.807) is 18.5 Å². The van der Waals surface area contributed by atoms with Crippen molar-refractivity contribution in [2.24, 2.45) is 0 Å². The van der Waals surface area contributed by atoms with Crippen LogP contribution in [0, 0.1) is 6.92 Å². The minimum atomic E-state index is -0.282. The number of Topliss-reactive ketones (excluding diaryl/α,β-unsaturated/α-hetero) is 1. The molecule has 0 unspecified atom stereocenters. The van der Waals surface area contributed by atoms with Crippen molar-refractivity contribution in [2.75, 3.05) is 13.1 Å². The summed E-state index contributed by atoms with van der Waals surface area (Å²) < 4.78 is 7.95. The quantitative estimate of drug-likeness (QED) is 0.382. The number of carbonyl (C=O) groups excluding carboxylic acids is 1. The first-order valence-electron chi connectivity index (χ1n) is 10.7. The Balaban J connectivity index is 1.64. The SMILES string of the molecule is CCN(CC)Cc1ccc(C(=O)Cn2ccc(OCc3ccc(Br)cn3)cc2=O)c(C)c1. The van der Waals surface area contributed by atoms with Crippen LogP contribution in [0.3, 0.4) is 0 Å². The zero-order valence-corrected chi connectivity index (χ0v) is 20.3. The highest BCUT2D eigenvalue weighted by molar-refractivity contribution is 9.10. The lowest BCUT2D eigenvalue weighted by molar-refractivity contribution is 0.0970. The van der Waals surface area contributed by atoms with Crippen LogP contribution in [0.4, 0.5) is 0 Å². The lowest BCUT2D eigenvalue weighted by atomic mass is 10.0. The third kappa shape index (κ3) is 6.37. The largest absolute Gasteiger partial charge is 0.487 e. The minimum absolute atomic E-state index is 0.0103. The molecular weight excluding hydrogens is 470 g/mol. The fourth-order valence-corrected chi connectivity index (χ4v) is 3.68. The molecule has 0 aliphatic heterocycles. The molecule has 6 nitrogen and oxygen atoms in total. The fourth-order valence-electron chi connectivity index (χ4n) is 3.44. The van der Waals surface area contributed by atoms with Gasteiger partial charge in [0.1, 0.15) is 12.4 Å². The molecule has 3 rings (SSSR count). The molecule has 0 saturated carbocycles.